The molecule has 4 aliphatic rings. The summed E-state index contributed by atoms with van der Waals surface area (Å²) in [4.78, 5) is 12.3. The van der Waals surface area contributed by atoms with E-state index in [2.05, 4.69) is 17.2 Å². The molecule has 2 saturated carbocycles. The van der Waals surface area contributed by atoms with Crippen molar-refractivity contribution in [2.24, 2.45) is 17.3 Å². The fraction of sp³-hybridized carbons (Fsp3) is 0.722. The van der Waals surface area contributed by atoms with E-state index < -0.39 is 16.2 Å². The zero-order valence-corrected chi connectivity index (χ0v) is 15.1. The molecule has 0 amide bonds. The van der Waals surface area contributed by atoms with E-state index in [0.29, 0.717) is 36.9 Å². The van der Waals surface area contributed by atoms with Crippen LogP contribution < -0.4 is 0 Å². The van der Waals surface area contributed by atoms with Crippen molar-refractivity contribution in [3.8, 4) is 0 Å². The number of aliphatic hydroxyl groups is 1. The van der Waals surface area contributed by atoms with Gasteiger partial charge in [0.05, 0.1) is 0 Å². The Labute approximate surface area is 147 Å². The molecule has 4 atom stereocenters. The van der Waals surface area contributed by atoms with E-state index in [4.69, 9.17) is 4.55 Å². The van der Waals surface area contributed by atoms with Crippen LogP contribution in [0.2, 0.25) is 0 Å². The van der Waals surface area contributed by atoms with Crippen LogP contribution in [0.1, 0.15) is 58.3 Å². The minimum absolute atomic E-state index is 0.100. The fourth-order valence-corrected chi connectivity index (χ4v) is 6.14. The first-order valence-electron chi connectivity index (χ1n) is 8.96. The van der Waals surface area contributed by atoms with Gasteiger partial charge in [-0.05, 0) is 38.0 Å². The molecular formula is C18H24O6S. The van der Waals surface area contributed by atoms with Crippen molar-refractivity contribution in [1.82, 2.24) is 0 Å². The highest BCUT2D eigenvalue weighted by Gasteiger charge is 2.53. The summed E-state index contributed by atoms with van der Waals surface area (Å²) in [7, 11) is -4.69. The normalized spacial score (nSPS) is 41.1. The molecule has 4 rings (SSSR count). The molecule has 0 saturated heterocycles. The Hall–Kier alpha value is -1.02. The Kier molecular flexibility index (Phi) is 3.82. The Balaban J connectivity index is 1.60. The van der Waals surface area contributed by atoms with Crippen molar-refractivity contribution in [3.63, 3.8) is 0 Å². The summed E-state index contributed by atoms with van der Waals surface area (Å²) in [6, 6.07) is 0. The van der Waals surface area contributed by atoms with Gasteiger partial charge < -0.3 is 5.11 Å². The largest absolute Gasteiger partial charge is 0.400 e. The third-order valence-corrected chi connectivity index (χ3v) is 7.34. The van der Waals surface area contributed by atoms with Crippen molar-refractivity contribution in [1.29, 1.82) is 0 Å². The van der Waals surface area contributed by atoms with Gasteiger partial charge in [-0.1, -0.05) is 29.7 Å². The Morgan fingerprint density at radius 3 is 2.72 bits per heavy atom. The molecule has 2 N–H and O–H groups in total. The number of rotatable bonds is 2. The predicted octanol–water partition coefficient (Wildman–Crippen LogP) is 2.70. The van der Waals surface area contributed by atoms with Gasteiger partial charge >= 0.3 is 10.4 Å². The topological polar surface area (TPSA) is 101 Å². The number of hydrogen-bond donors (Lipinski definition) is 2. The predicted molar refractivity (Wildman–Crippen MR) is 89.7 cm³/mol. The molecule has 0 aliphatic heterocycles. The van der Waals surface area contributed by atoms with E-state index in [1.807, 2.05) is 0 Å². The number of allylic oxidation sites excluding steroid dienone is 3. The molecule has 0 aromatic heterocycles. The van der Waals surface area contributed by atoms with Crippen LogP contribution in [0.5, 0.6) is 0 Å². The lowest BCUT2D eigenvalue weighted by Crippen LogP contribution is -2.42. The molecule has 2 fully saturated rings. The first-order valence-corrected chi connectivity index (χ1v) is 10.3. The second-order valence-electron chi connectivity index (χ2n) is 8.19. The van der Waals surface area contributed by atoms with Crippen LogP contribution in [-0.4, -0.2) is 29.6 Å². The molecule has 0 aromatic carbocycles. The van der Waals surface area contributed by atoms with E-state index in [0.717, 1.165) is 24.8 Å². The quantitative estimate of drug-likeness (QED) is 0.441. The maximum absolute atomic E-state index is 12.3. The average molecular weight is 368 g/mol. The van der Waals surface area contributed by atoms with Gasteiger partial charge in [0.2, 0.25) is 0 Å². The van der Waals surface area contributed by atoms with Crippen LogP contribution in [-0.2, 0) is 19.4 Å². The first kappa shape index (κ1) is 17.4. The second-order valence-corrected chi connectivity index (χ2v) is 9.22. The van der Waals surface area contributed by atoms with E-state index >= 15 is 0 Å². The summed E-state index contributed by atoms with van der Waals surface area (Å²) in [5, 5.41) is 10.4. The van der Waals surface area contributed by atoms with Gasteiger partial charge in [-0.25, -0.2) is 4.18 Å². The molecule has 2 unspecified atom stereocenters. The first-order chi connectivity index (χ1) is 11.6. The van der Waals surface area contributed by atoms with Gasteiger partial charge in [-0.3, -0.25) is 9.35 Å². The fourth-order valence-electron chi connectivity index (χ4n) is 5.61. The van der Waals surface area contributed by atoms with E-state index in [-0.39, 0.29) is 18.3 Å². The lowest BCUT2D eigenvalue weighted by Gasteiger charge is -2.46. The highest BCUT2D eigenvalue weighted by atomic mass is 32.3. The SMILES string of the molecule is C[C@]12CCC3C(=CCC4=C3CC[C@@](O)(OS(=O)(=O)O)C4)C1CCC2=O. The summed E-state index contributed by atoms with van der Waals surface area (Å²) in [6.45, 7) is 2.10. The Bertz CT molecular complexity index is 794. The second kappa shape index (κ2) is 5.49. The van der Waals surface area contributed by atoms with Crippen molar-refractivity contribution in [2.75, 3.05) is 0 Å². The lowest BCUT2D eigenvalue weighted by atomic mass is 9.58. The van der Waals surface area contributed by atoms with E-state index in [9.17, 15) is 18.3 Å². The molecule has 6 nitrogen and oxygen atoms in total. The van der Waals surface area contributed by atoms with Gasteiger partial charge in [0, 0.05) is 30.6 Å². The standard InChI is InChI=1S/C18H24O6S/c1-17-8-6-13-12-7-9-18(20,24-25(21,22)23)10-11(12)2-3-14(13)15(17)4-5-16(17)19/h3,13,15,20H,2,4-10H2,1H3,(H,21,22,23)/t13?,15?,17-,18+/m0/s1. The molecule has 25 heavy (non-hydrogen) atoms. The number of carbonyl (C=O) groups is 1. The van der Waals surface area contributed by atoms with Gasteiger partial charge in [-0.15, -0.1) is 0 Å². The minimum atomic E-state index is -4.69. The number of Topliss-reactive ketones (excluding diaryl/α,β-unsaturated/α-hetero) is 1. The maximum atomic E-state index is 12.3. The minimum Gasteiger partial charge on any atom is -0.364 e. The molecule has 4 aliphatic carbocycles. The monoisotopic (exact) mass is 368 g/mol. The smallest absolute Gasteiger partial charge is 0.364 e. The van der Waals surface area contributed by atoms with Gasteiger partial charge in [-0.2, -0.15) is 8.42 Å². The van der Waals surface area contributed by atoms with Crippen LogP contribution in [0.15, 0.2) is 22.8 Å². The zero-order chi connectivity index (χ0) is 18.0. The summed E-state index contributed by atoms with van der Waals surface area (Å²) < 4.78 is 35.4. The molecule has 0 bridgehead atoms. The Morgan fingerprint density at radius 2 is 2.00 bits per heavy atom. The molecule has 7 heteroatoms. The maximum Gasteiger partial charge on any atom is 0.400 e. The van der Waals surface area contributed by atoms with Crippen LogP contribution >= 0.6 is 0 Å². The van der Waals surface area contributed by atoms with Gasteiger partial charge in [0.15, 0.2) is 5.79 Å². The lowest BCUT2D eigenvalue weighted by molar-refractivity contribution is -0.146. The van der Waals surface area contributed by atoms with Crippen LogP contribution in [0.3, 0.4) is 0 Å². The highest BCUT2D eigenvalue weighted by molar-refractivity contribution is 7.80. The number of fused-ring (bicyclic) bond motifs is 4. The number of ketones is 1. The summed E-state index contributed by atoms with van der Waals surface area (Å²) in [5.41, 5.74) is 3.45. The highest BCUT2D eigenvalue weighted by Crippen LogP contribution is 2.58. The number of hydrogen-bond acceptors (Lipinski definition) is 5. The Morgan fingerprint density at radius 1 is 1.24 bits per heavy atom. The average Bonchev–Trinajstić information content (AvgIpc) is 2.80. The molecule has 0 radical (unpaired) electrons. The van der Waals surface area contributed by atoms with Crippen molar-refractivity contribution < 1.29 is 27.1 Å². The summed E-state index contributed by atoms with van der Waals surface area (Å²) in [5.74, 6) is -0.841. The molecular weight excluding hydrogens is 344 g/mol. The van der Waals surface area contributed by atoms with Crippen molar-refractivity contribution in [3.05, 3.63) is 22.8 Å². The molecule has 0 aromatic rings. The molecule has 0 heterocycles. The molecule has 138 valence electrons. The van der Waals surface area contributed by atoms with Crippen molar-refractivity contribution >= 4 is 16.2 Å². The zero-order valence-electron chi connectivity index (χ0n) is 14.3. The summed E-state index contributed by atoms with van der Waals surface area (Å²) in [6.07, 6.45) is 7.06. The van der Waals surface area contributed by atoms with Gasteiger partial charge in [0.25, 0.3) is 0 Å². The molecule has 0 spiro atoms. The summed E-state index contributed by atoms with van der Waals surface area (Å²) >= 11 is 0. The van der Waals surface area contributed by atoms with Crippen LogP contribution in [0, 0.1) is 17.3 Å². The third kappa shape index (κ3) is 2.81. The third-order valence-electron chi connectivity index (χ3n) is 6.82. The number of carbonyl (C=O) groups excluding carboxylic acids is 1. The van der Waals surface area contributed by atoms with Crippen LogP contribution in [0.4, 0.5) is 0 Å². The van der Waals surface area contributed by atoms with Crippen molar-refractivity contribution in [2.45, 2.75) is 64.1 Å². The van der Waals surface area contributed by atoms with Gasteiger partial charge in [0.1, 0.15) is 5.78 Å². The van der Waals surface area contributed by atoms with E-state index in [1.54, 1.807) is 0 Å². The van der Waals surface area contributed by atoms with E-state index in [1.165, 1.54) is 11.1 Å². The van der Waals surface area contributed by atoms with Crippen LogP contribution in [0.25, 0.3) is 0 Å².